The van der Waals surface area contributed by atoms with Crippen LogP contribution in [0, 0.1) is 0 Å². The third-order valence-electron chi connectivity index (χ3n) is 4.39. The lowest BCUT2D eigenvalue weighted by Crippen LogP contribution is -2.34. The molecule has 2 N–H and O–H groups in total. The van der Waals surface area contributed by atoms with E-state index in [0.29, 0.717) is 28.0 Å². The fourth-order valence-electron chi connectivity index (χ4n) is 3.20. The van der Waals surface area contributed by atoms with E-state index in [2.05, 4.69) is 34.9 Å². The molecule has 4 nitrogen and oxygen atoms in total. The number of hydrogen-bond donors (Lipinski definition) is 2. The highest BCUT2D eigenvalue weighted by molar-refractivity contribution is 7.80. The van der Waals surface area contributed by atoms with Crippen LogP contribution in [0.4, 0.5) is 5.69 Å². The van der Waals surface area contributed by atoms with Crippen LogP contribution in [0.25, 0.3) is 0 Å². The van der Waals surface area contributed by atoms with E-state index in [1.807, 2.05) is 0 Å². The van der Waals surface area contributed by atoms with Crippen LogP contribution in [0.15, 0.2) is 42.5 Å². The number of aryl methyl sites for hydroxylation is 1. The maximum absolute atomic E-state index is 12.0. The van der Waals surface area contributed by atoms with Gasteiger partial charge in [-0.3, -0.25) is 0 Å². The largest absolute Gasteiger partial charge is 0.462 e. The van der Waals surface area contributed by atoms with E-state index >= 15 is 0 Å². The molecule has 26 heavy (non-hydrogen) atoms. The van der Waals surface area contributed by atoms with Gasteiger partial charge in [0.15, 0.2) is 5.11 Å². The SMILES string of the molecule is CCOC(=O)c1cc(NC(=S)NC2CCCc3ccccc32)ccc1Cl. The Morgan fingerprint density at radius 2 is 2.12 bits per heavy atom. The number of anilines is 1. The first-order valence-electron chi connectivity index (χ1n) is 8.70. The number of fused-ring (bicyclic) bond motifs is 1. The first kappa shape index (κ1) is 18.7. The molecular formula is C20H21ClN2O2S. The summed E-state index contributed by atoms with van der Waals surface area (Å²) in [5.74, 6) is -0.443. The number of ether oxygens (including phenoxy) is 1. The minimum absolute atomic E-state index is 0.191. The number of hydrogen-bond acceptors (Lipinski definition) is 3. The van der Waals surface area contributed by atoms with Crippen LogP contribution in [-0.2, 0) is 11.2 Å². The van der Waals surface area contributed by atoms with Crippen molar-refractivity contribution < 1.29 is 9.53 Å². The Labute approximate surface area is 163 Å². The lowest BCUT2D eigenvalue weighted by molar-refractivity contribution is 0.0526. The van der Waals surface area contributed by atoms with Gasteiger partial charge in [-0.05, 0) is 67.7 Å². The van der Waals surface area contributed by atoms with Gasteiger partial charge in [-0.2, -0.15) is 0 Å². The molecule has 0 spiro atoms. The van der Waals surface area contributed by atoms with Crippen LogP contribution in [-0.4, -0.2) is 17.7 Å². The zero-order chi connectivity index (χ0) is 18.5. The highest BCUT2D eigenvalue weighted by atomic mass is 35.5. The average molecular weight is 389 g/mol. The minimum atomic E-state index is -0.443. The third kappa shape index (κ3) is 4.34. The van der Waals surface area contributed by atoms with Gasteiger partial charge in [0.25, 0.3) is 0 Å². The van der Waals surface area contributed by atoms with E-state index < -0.39 is 5.97 Å². The molecule has 0 radical (unpaired) electrons. The van der Waals surface area contributed by atoms with Crippen LogP contribution in [0.5, 0.6) is 0 Å². The van der Waals surface area contributed by atoms with Crippen molar-refractivity contribution in [2.45, 2.75) is 32.2 Å². The van der Waals surface area contributed by atoms with Gasteiger partial charge in [0.05, 0.1) is 23.2 Å². The Bertz CT molecular complexity index is 825. The van der Waals surface area contributed by atoms with E-state index in [9.17, 15) is 4.79 Å². The zero-order valence-corrected chi connectivity index (χ0v) is 16.1. The second kappa shape index (κ2) is 8.52. The van der Waals surface area contributed by atoms with E-state index in [1.54, 1.807) is 25.1 Å². The number of carbonyl (C=O) groups excluding carboxylic acids is 1. The fourth-order valence-corrected chi connectivity index (χ4v) is 3.65. The summed E-state index contributed by atoms with van der Waals surface area (Å²) in [6.45, 7) is 2.06. The topological polar surface area (TPSA) is 50.4 Å². The summed E-state index contributed by atoms with van der Waals surface area (Å²) in [5.41, 5.74) is 3.68. The predicted molar refractivity (Wildman–Crippen MR) is 109 cm³/mol. The molecular weight excluding hydrogens is 368 g/mol. The number of rotatable bonds is 4. The second-order valence-electron chi connectivity index (χ2n) is 6.16. The van der Waals surface area contributed by atoms with Crippen molar-refractivity contribution in [1.29, 1.82) is 0 Å². The Morgan fingerprint density at radius 3 is 2.92 bits per heavy atom. The molecule has 2 aromatic rings. The quantitative estimate of drug-likeness (QED) is 0.577. The molecule has 2 aromatic carbocycles. The molecule has 3 rings (SSSR count). The van der Waals surface area contributed by atoms with Crippen molar-refractivity contribution in [1.82, 2.24) is 5.32 Å². The summed E-state index contributed by atoms with van der Waals surface area (Å²) in [4.78, 5) is 12.0. The third-order valence-corrected chi connectivity index (χ3v) is 4.94. The van der Waals surface area contributed by atoms with Crippen molar-refractivity contribution >= 4 is 40.6 Å². The smallest absolute Gasteiger partial charge is 0.339 e. The number of thiocarbonyl (C=S) groups is 1. The standard InChI is InChI=1S/C20H21ClN2O2S/c1-2-25-19(24)16-12-14(10-11-17(16)21)22-20(26)23-18-9-5-7-13-6-3-4-8-15(13)18/h3-4,6,8,10-12,18H,2,5,7,9H2,1H3,(H2,22,23,26). The molecule has 1 aliphatic rings. The number of halogens is 1. The Kier molecular flexibility index (Phi) is 6.12. The highest BCUT2D eigenvalue weighted by Crippen LogP contribution is 2.29. The minimum Gasteiger partial charge on any atom is -0.462 e. The van der Waals surface area contributed by atoms with Gasteiger partial charge >= 0.3 is 5.97 Å². The van der Waals surface area contributed by atoms with Crippen molar-refractivity contribution in [2.75, 3.05) is 11.9 Å². The van der Waals surface area contributed by atoms with Crippen molar-refractivity contribution in [3.63, 3.8) is 0 Å². The predicted octanol–water partition coefficient (Wildman–Crippen LogP) is 4.88. The number of nitrogens with one attached hydrogen (secondary N) is 2. The Morgan fingerprint density at radius 1 is 1.31 bits per heavy atom. The normalized spacial score (nSPS) is 15.7. The van der Waals surface area contributed by atoms with Crippen molar-refractivity contribution in [2.24, 2.45) is 0 Å². The molecule has 0 saturated heterocycles. The fraction of sp³-hybridized carbons (Fsp3) is 0.300. The van der Waals surface area contributed by atoms with Gasteiger partial charge in [-0.15, -0.1) is 0 Å². The van der Waals surface area contributed by atoms with Gasteiger partial charge in [0, 0.05) is 5.69 Å². The molecule has 136 valence electrons. The first-order chi connectivity index (χ1) is 12.6. The van der Waals surface area contributed by atoms with Gasteiger partial charge in [0.2, 0.25) is 0 Å². The lowest BCUT2D eigenvalue weighted by Gasteiger charge is -2.27. The van der Waals surface area contributed by atoms with E-state index in [1.165, 1.54) is 11.1 Å². The summed E-state index contributed by atoms with van der Waals surface area (Å²) >= 11 is 11.6. The summed E-state index contributed by atoms with van der Waals surface area (Å²) < 4.78 is 5.03. The molecule has 0 aromatic heterocycles. The molecule has 0 fully saturated rings. The molecule has 1 aliphatic carbocycles. The van der Waals surface area contributed by atoms with Crippen molar-refractivity contribution in [3.8, 4) is 0 Å². The van der Waals surface area contributed by atoms with Crippen LogP contribution in [0.1, 0.15) is 47.3 Å². The Hall–Kier alpha value is -2.11. The molecule has 1 unspecified atom stereocenters. The van der Waals surface area contributed by atoms with Crippen molar-refractivity contribution in [3.05, 3.63) is 64.2 Å². The number of benzene rings is 2. The zero-order valence-electron chi connectivity index (χ0n) is 14.5. The van der Waals surface area contributed by atoms with Gasteiger partial charge in [-0.1, -0.05) is 35.9 Å². The molecule has 0 aliphatic heterocycles. The summed E-state index contributed by atoms with van der Waals surface area (Å²) in [6, 6.07) is 13.7. The highest BCUT2D eigenvalue weighted by Gasteiger charge is 2.20. The average Bonchev–Trinajstić information content (AvgIpc) is 2.64. The molecule has 0 saturated carbocycles. The van der Waals surface area contributed by atoms with Gasteiger partial charge in [0.1, 0.15) is 0 Å². The van der Waals surface area contributed by atoms with E-state index in [4.69, 9.17) is 28.6 Å². The van der Waals surface area contributed by atoms with Crippen LogP contribution >= 0.6 is 23.8 Å². The van der Waals surface area contributed by atoms with E-state index in [-0.39, 0.29) is 6.04 Å². The number of carbonyl (C=O) groups is 1. The van der Waals surface area contributed by atoms with Crippen LogP contribution in [0.3, 0.4) is 0 Å². The Balaban J connectivity index is 1.69. The monoisotopic (exact) mass is 388 g/mol. The second-order valence-corrected chi connectivity index (χ2v) is 6.97. The summed E-state index contributed by atoms with van der Waals surface area (Å²) in [5, 5.41) is 7.39. The van der Waals surface area contributed by atoms with Crippen LogP contribution < -0.4 is 10.6 Å². The van der Waals surface area contributed by atoms with E-state index in [0.717, 1.165) is 19.3 Å². The van der Waals surface area contributed by atoms with Crippen LogP contribution in [0.2, 0.25) is 5.02 Å². The maximum Gasteiger partial charge on any atom is 0.339 e. The maximum atomic E-state index is 12.0. The first-order valence-corrected chi connectivity index (χ1v) is 9.49. The summed E-state index contributed by atoms with van der Waals surface area (Å²) in [7, 11) is 0. The van der Waals surface area contributed by atoms with Gasteiger partial charge in [-0.25, -0.2) is 4.79 Å². The molecule has 0 bridgehead atoms. The molecule has 0 amide bonds. The molecule has 6 heteroatoms. The molecule has 0 heterocycles. The lowest BCUT2D eigenvalue weighted by atomic mass is 9.88. The molecule has 1 atom stereocenters. The summed E-state index contributed by atoms with van der Waals surface area (Å²) in [6.07, 6.45) is 3.27. The number of esters is 1. The van der Waals surface area contributed by atoms with Gasteiger partial charge < -0.3 is 15.4 Å².